The third kappa shape index (κ3) is 2.32. The number of rotatable bonds is 2. The number of nitrogen functional groups attached to an aromatic ring is 1. The van der Waals surface area contributed by atoms with Crippen LogP contribution >= 0.6 is 22.9 Å². The number of carbonyl (C=O) groups excluding carboxylic acids is 1. The van der Waals surface area contributed by atoms with Crippen LogP contribution in [0.3, 0.4) is 0 Å². The molecule has 0 radical (unpaired) electrons. The number of esters is 1. The van der Waals surface area contributed by atoms with Gasteiger partial charge >= 0.3 is 5.97 Å². The molecule has 2 rings (SSSR count). The zero-order chi connectivity index (χ0) is 13.3. The number of hydrogen-bond donors (Lipinski definition) is 1. The standard InChI is InChI=1S/C12H9ClFNO2S/c1-17-12(16)11-9(15)5-10(18-11)6-2-3-7(13)8(14)4-6/h2-5H,15H2,1H3. The van der Waals surface area contributed by atoms with Crippen LogP contribution in [-0.2, 0) is 4.74 Å². The highest BCUT2D eigenvalue weighted by Crippen LogP contribution is 2.34. The maximum atomic E-state index is 13.3. The van der Waals surface area contributed by atoms with E-state index in [4.69, 9.17) is 17.3 Å². The second-order valence-corrected chi connectivity index (χ2v) is 4.97. The summed E-state index contributed by atoms with van der Waals surface area (Å²) in [5.74, 6) is -1.01. The highest BCUT2D eigenvalue weighted by atomic mass is 35.5. The van der Waals surface area contributed by atoms with Gasteiger partial charge in [-0.15, -0.1) is 11.3 Å². The minimum atomic E-state index is -0.513. The van der Waals surface area contributed by atoms with E-state index in [1.807, 2.05) is 0 Å². The van der Waals surface area contributed by atoms with Crippen molar-refractivity contribution in [2.24, 2.45) is 0 Å². The molecule has 0 spiro atoms. The molecule has 0 atom stereocenters. The fraction of sp³-hybridized carbons (Fsp3) is 0.0833. The highest BCUT2D eigenvalue weighted by Gasteiger charge is 2.16. The molecule has 3 nitrogen and oxygen atoms in total. The Labute approximate surface area is 112 Å². The molecule has 6 heteroatoms. The molecule has 0 fully saturated rings. The topological polar surface area (TPSA) is 52.3 Å². The Morgan fingerprint density at radius 1 is 1.44 bits per heavy atom. The Morgan fingerprint density at radius 2 is 2.17 bits per heavy atom. The summed E-state index contributed by atoms with van der Waals surface area (Å²) in [6.07, 6.45) is 0. The van der Waals surface area contributed by atoms with Gasteiger partial charge in [-0.05, 0) is 23.8 Å². The first-order chi connectivity index (χ1) is 8.52. The van der Waals surface area contributed by atoms with E-state index in [1.165, 1.54) is 19.2 Å². The summed E-state index contributed by atoms with van der Waals surface area (Å²) in [5, 5.41) is 0.0523. The van der Waals surface area contributed by atoms with Gasteiger partial charge in [-0.25, -0.2) is 9.18 Å². The quantitative estimate of drug-likeness (QED) is 0.858. The van der Waals surface area contributed by atoms with Crippen molar-refractivity contribution in [3.8, 4) is 10.4 Å². The monoisotopic (exact) mass is 285 g/mol. The third-order valence-electron chi connectivity index (χ3n) is 2.34. The summed E-state index contributed by atoms with van der Waals surface area (Å²) in [5.41, 5.74) is 6.64. The lowest BCUT2D eigenvalue weighted by Gasteiger charge is -1.98. The van der Waals surface area contributed by atoms with E-state index in [9.17, 15) is 9.18 Å². The van der Waals surface area contributed by atoms with Gasteiger partial charge in [-0.1, -0.05) is 17.7 Å². The highest BCUT2D eigenvalue weighted by molar-refractivity contribution is 7.18. The Balaban J connectivity index is 2.45. The number of halogens is 2. The van der Waals surface area contributed by atoms with Crippen molar-refractivity contribution >= 4 is 34.6 Å². The number of nitrogens with two attached hydrogens (primary N) is 1. The van der Waals surface area contributed by atoms with Crippen molar-refractivity contribution in [1.82, 2.24) is 0 Å². The summed E-state index contributed by atoms with van der Waals surface area (Å²) in [7, 11) is 1.28. The van der Waals surface area contributed by atoms with Crippen LogP contribution < -0.4 is 5.73 Å². The van der Waals surface area contributed by atoms with Gasteiger partial charge in [0, 0.05) is 4.88 Å². The molecule has 18 heavy (non-hydrogen) atoms. The molecular formula is C12H9ClFNO2S. The van der Waals surface area contributed by atoms with E-state index in [-0.39, 0.29) is 5.02 Å². The minimum Gasteiger partial charge on any atom is -0.465 e. The SMILES string of the molecule is COC(=O)c1sc(-c2ccc(Cl)c(F)c2)cc1N. The Kier molecular flexibility index (Phi) is 3.54. The van der Waals surface area contributed by atoms with Gasteiger partial charge in [-0.3, -0.25) is 0 Å². The van der Waals surface area contributed by atoms with Gasteiger partial charge < -0.3 is 10.5 Å². The molecular weight excluding hydrogens is 277 g/mol. The number of methoxy groups -OCH3 is 1. The summed E-state index contributed by atoms with van der Waals surface area (Å²) < 4.78 is 18.0. The predicted molar refractivity (Wildman–Crippen MR) is 70.5 cm³/mol. The number of benzene rings is 1. The first kappa shape index (κ1) is 12.9. The maximum Gasteiger partial charge on any atom is 0.350 e. The number of carbonyl (C=O) groups is 1. The molecule has 2 N–H and O–H groups in total. The molecule has 0 aliphatic carbocycles. The molecule has 1 aromatic heterocycles. The number of anilines is 1. The number of ether oxygens (including phenoxy) is 1. The van der Waals surface area contributed by atoms with Gasteiger partial charge in [0.2, 0.25) is 0 Å². The molecule has 0 amide bonds. The van der Waals surface area contributed by atoms with Crippen LogP contribution in [0.15, 0.2) is 24.3 Å². The first-order valence-electron chi connectivity index (χ1n) is 4.96. The van der Waals surface area contributed by atoms with Crippen molar-refractivity contribution < 1.29 is 13.9 Å². The van der Waals surface area contributed by atoms with E-state index in [2.05, 4.69) is 4.74 Å². The average molecular weight is 286 g/mol. The molecule has 0 bridgehead atoms. The number of hydrogen-bond acceptors (Lipinski definition) is 4. The first-order valence-corrected chi connectivity index (χ1v) is 6.15. The normalized spacial score (nSPS) is 10.4. The second kappa shape index (κ2) is 4.96. The van der Waals surface area contributed by atoms with Crippen LogP contribution in [0, 0.1) is 5.82 Å². The van der Waals surface area contributed by atoms with E-state index in [1.54, 1.807) is 12.1 Å². The molecule has 0 saturated heterocycles. The molecule has 2 aromatic rings. The minimum absolute atomic E-state index is 0.0523. The molecule has 0 saturated carbocycles. The Bertz CT molecular complexity index is 612. The van der Waals surface area contributed by atoms with Crippen LogP contribution in [0.25, 0.3) is 10.4 Å². The number of thiophene rings is 1. The summed E-state index contributed by atoms with van der Waals surface area (Å²) >= 11 is 6.76. The summed E-state index contributed by atoms with van der Waals surface area (Å²) in [6.45, 7) is 0. The largest absolute Gasteiger partial charge is 0.465 e. The van der Waals surface area contributed by atoms with Crippen molar-refractivity contribution in [1.29, 1.82) is 0 Å². The van der Waals surface area contributed by atoms with E-state index >= 15 is 0 Å². The van der Waals surface area contributed by atoms with Gasteiger partial charge in [0.15, 0.2) is 0 Å². The average Bonchev–Trinajstić information content (AvgIpc) is 2.74. The fourth-order valence-electron chi connectivity index (χ4n) is 1.45. The molecule has 0 aliphatic rings. The predicted octanol–water partition coefficient (Wildman–Crippen LogP) is 3.58. The van der Waals surface area contributed by atoms with E-state index in [0.29, 0.717) is 21.0 Å². The fourth-order valence-corrected chi connectivity index (χ4v) is 2.56. The van der Waals surface area contributed by atoms with Gasteiger partial charge in [0.1, 0.15) is 10.7 Å². The maximum absolute atomic E-state index is 13.3. The second-order valence-electron chi connectivity index (χ2n) is 3.52. The van der Waals surface area contributed by atoms with Crippen molar-refractivity contribution in [3.05, 3.63) is 40.0 Å². The van der Waals surface area contributed by atoms with Crippen LogP contribution in [0.5, 0.6) is 0 Å². The summed E-state index contributed by atoms with van der Waals surface area (Å²) in [6, 6.07) is 6.03. The van der Waals surface area contributed by atoms with Crippen LogP contribution in [0.4, 0.5) is 10.1 Å². The lowest BCUT2D eigenvalue weighted by molar-refractivity contribution is 0.0607. The molecule has 94 valence electrons. The zero-order valence-corrected chi connectivity index (χ0v) is 10.9. The summed E-state index contributed by atoms with van der Waals surface area (Å²) in [4.78, 5) is 12.4. The van der Waals surface area contributed by atoms with Crippen LogP contribution in [0.2, 0.25) is 5.02 Å². The third-order valence-corrected chi connectivity index (χ3v) is 3.82. The zero-order valence-electron chi connectivity index (χ0n) is 9.37. The Hall–Kier alpha value is -1.59. The molecule has 1 heterocycles. The van der Waals surface area contributed by atoms with E-state index in [0.717, 1.165) is 11.3 Å². The van der Waals surface area contributed by atoms with Gasteiger partial charge in [0.05, 0.1) is 17.8 Å². The van der Waals surface area contributed by atoms with Crippen molar-refractivity contribution in [2.75, 3.05) is 12.8 Å². The van der Waals surface area contributed by atoms with E-state index < -0.39 is 11.8 Å². The smallest absolute Gasteiger partial charge is 0.350 e. The van der Waals surface area contributed by atoms with Crippen LogP contribution in [-0.4, -0.2) is 13.1 Å². The molecule has 0 aliphatic heterocycles. The van der Waals surface area contributed by atoms with Crippen LogP contribution in [0.1, 0.15) is 9.67 Å². The van der Waals surface area contributed by atoms with Crippen molar-refractivity contribution in [3.63, 3.8) is 0 Å². The van der Waals surface area contributed by atoms with Gasteiger partial charge in [0.25, 0.3) is 0 Å². The Morgan fingerprint density at radius 3 is 2.78 bits per heavy atom. The van der Waals surface area contributed by atoms with Gasteiger partial charge in [-0.2, -0.15) is 0 Å². The lowest BCUT2D eigenvalue weighted by atomic mass is 10.2. The van der Waals surface area contributed by atoms with Crippen molar-refractivity contribution in [2.45, 2.75) is 0 Å². The molecule has 0 unspecified atom stereocenters. The lowest BCUT2D eigenvalue weighted by Crippen LogP contribution is -2.00. The molecule has 1 aromatic carbocycles.